The molecule has 1 aromatic carbocycles. The molecule has 0 bridgehead atoms. The van der Waals surface area contributed by atoms with Gasteiger partial charge in [-0.3, -0.25) is 9.59 Å². The molecule has 3 nitrogen and oxygen atoms in total. The molecule has 0 radical (unpaired) electrons. The third kappa shape index (κ3) is 5.92. The van der Waals surface area contributed by atoms with Gasteiger partial charge in [-0.25, -0.2) is 0 Å². The first-order chi connectivity index (χ1) is 10.1. The lowest BCUT2D eigenvalue weighted by atomic mass is 10.1. The molecule has 1 rings (SSSR count). The van der Waals surface area contributed by atoms with Gasteiger partial charge in [0.05, 0.1) is 6.61 Å². The van der Waals surface area contributed by atoms with Crippen molar-refractivity contribution in [3.63, 3.8) is 0 Å². The summed E-state index contributed by atoms with van der Waals surface area (Å²) in [4.78, 5) is 24.7. The number of Topliss-reactive ketones (excluding diaryl/α,β-unsaturated/α-hetero) is 1. The Morgan fingerprint density at radius 2 is 1.81 bits per heavy atom. The van der Waals surface area contributed by atoms with E-state index in [1.165, 1.54) is 11.8 Å². The highest BCUT2D eigenvalue weighted by Gasteiger charge is 2.19. The average Bonchev–Trinajstić information content (AvgIpc) is 2.51. The molecule has 0 heterocycles. The number of esters is 1. The molecule has 0 N–H and O–H groups in total. The van der Waals surface area contributed by atoms with E-state index in [1.807, 2.05) is 38.1 Å². The Labute approximate surface area is 131 Å². The van der Waals surface area contributed by atoms with Crippen LogP contribution in [0.4, 0.5) is 0 Å². The van der Waals surface area contributed by atoms with Crippen LogP contribution >= 0.6 is 11.8 Å². The molecule has 0 aliphatic rings. The molecule has 4 heteroatoms. The molecule has 1 unspecified atom stereocenters. The minimum absolute atomic E-state index is 0.173. The average molecular weight is 308 g/mol. The van der Waals surface area contributed by atoms with Crippen molar-refractivity contribution in [1.29, 1.82) is 0 Å². The summed E-state index contributed by atoms with van der Waals surface area (Å²) in [6.45, 7) is 6.26. The maximum atomic E-state index is 11.9. The van der Waals surface area contributed by atoms with Crippen molar-refractivity contribution < 1.29 is 14.3 Å². The number of thioether (sulfide) groups is 1. The normalized spacial score (nSPS) is 12.0. The SMILES string of the molecule is CCCCC(=O)c1ccc(SC(CC)C(=O)OCC)cc1. The molecule has 0 amide bonds. The van der Waals surface area contributed by atoms with E-state index in [-0.39, 0.29) is 17.0 Å². The molecule has 21 heavy (non-hydrogen) atoms. The first kappa shape index (κ1) is 17.8. The highest BCUT2D eigenvalue weighted by atomic mass is 32.2. The Bertz CT molecular complexity index is 454. The van der Waals surface area contributed by atoms with Crippen LogP contribution in [-0.2, 0) is 9.53 Å². The Morgan fingerprint density at radius 1 is 1.14 bits per heavy atom. The van der Waals surface area contributed by atoms with Crippen LogP contribution in [0.1, 0.15) is 56.8 Å². The van der Waals surface area contributed by atoms with Crippen molar-refractivity contribution in [2.75, 3.05) is 6.61 Å². The van der Waals surface area contributed by atoms with E-state index >= 15 is 0 Å². The van der Waals surface area contributed by atoms with Crippen molar-refractivity contribution in [3.8, 4) is 0 Å². The summed E-state index contributed by atoms with van der Waals surface area (Å²) in [5.74, 6) is 0.0129. The van der Waals surface area contributed by atoms with Crippen LogP contribution in [0.3, 0.4) is 0 Å². The van der Waals surface area contributed by atoms with Crippen LogP contribution in [0.15, 0.2) is 29.2 Å². The van der Waals surface area contributed by atoms with Gasteiger partial charge in [0, 0.05) is 16.9 Å². The van der Waals surface area contributed by atoms with Crippen molar-refractivity contribution in [1.82, 2.24) is 0 Å². The van der Waals surface area contributed by atoms with Crippen LogP contribution in [-0.4, -0.2) is 23.6 Å². The van der Waals surface area contributed by atoms with Gasteiger partial charge in [0.2, 0.25) is 0 Å². The molecule has 0 aliphatic heterocycles. The summed E-state index contributed by atoms with van der Waals surface area (Å²) >= 11 is 1.49. The van der Waals surface area contributed by atoms with Gasteiger partial charge in [0.15, 0.2) is 5.78 Å². The van der Waals surface area contributed by atoms with Crippen LogP contribution < -0.4 is 0 Å². The minimum atomic E-state index is -0.188. The van der Waals surface area contributed by atoms with E-state index in [0.717, 1.165) is 29.7 Å². The van der Waals surface area contributed by atoms with E-state index in [4.69, 9.17) is 4.74 Å². The number of hydrogen-bond donors (Lipinski definition) is 0. The summed E-state index contributed by atoms with van der Waals surface area (Å²) in [5.41, 5.74) is 0.747. The third-order valence-electron chi connectivity index (χ3n) is 3.13. The molecular formula is C17H24O3S. The van der Waals surface area contributed by atoms with Crippen molar-refractivity contribution in [2.24, 2.45) is 0 Å². The second-order valence-electron chi connectivity index (χ2n) is 4.82. The number of ether oxygens (including phenoxy) is 1. The molecule has 0 saturated carbocycles. The standard InChI is InChI=1S/C17H24O3S/c1-4-7-8-15(18)13-9-11-14(12-10-13)21-16(5-2)17(19)20-6-3/h9-12,16H,4-8H2,1-3H3. The van der Waals surface area contributed by atoms with E-state index in [2.05, 4.69) is 6.92 Å². The summed E-state index contributed by atoms with van der Waals surface area (Å²) in [7, 11) is 0. The molecule has 0 aromatic heterocycles. The predicted octanol–water partition coefficient (Wildman–Crippen LogP) is 4.49. The molecule has 0 fully saturated rings. The second kappa shape index (κ2) is 9.61. The largest absolute Gasteiger partial charge is 0.465 e. The fourth-order valence-electron chi connectivity index (χ4n) is 1.90. The highest BCUT2D eigenvalue weighted by molar-refractivity contribution is 8.00. The van der Waals surface area contributed by atoms with E-state index in [9.17, 15) is 9.59 Å². The molecule has 1 aromatic rings. The zero-order valence-corrected chi connectivity index (χ0v) is 13.9. The Morgan fingerprint density at radius 3 is 2.33 bits per heavy atom. The number of carbonyl (C=O) groups excluding carboxylic acids is 2. The van der Waals surface area contributed by atoms with Gasteiger partial charge in [0.1, 0.15) is 5.25 Å². The van der Waals surface area contributed by atoms with Crippen molar-refractivity contribution >= 4 is 23.5 Å². The third-order valence-corrected chi connectivity index (χ3v) is 4.49. The molecule has 0 saturated heterocycles. The predicted molar refractivity (Wildman–Crippen MR) is 86.9 cm³/mol. The van der Waals surface area contributed by atoms with Crippen LogP contribution in [0.5, 0.6) is 0 Å². The number of ketones is 1. The summed E-state index contributed by atoms with van der Waals surface area (Å²) in [6, 6.07) is 7.51. The van der Waals surface area contributed by atoms with Crippen molar-refractivity contribution in [3.05, 3.63) is 29.8 Å². The number of carbonyl (C=O) groups is 2. The van der Waals surface area contributed by atoms with Crippen LogP contribution in [0.2, 0.25) is 0 Å². The number of hydrogen-bond acceptors (Lipinski definition) is 4. The second-order valence-corrected chi connectivity index (χ2v) is 6.09. The van der Waals surface area contributed by atoms with Gasteiger partial charge in [0.25, 0.3) is 0 Å². The summed E-state index contributed by atoms with van der Waals surface area (Å²) in [6.07, 6.45) is 3.28. The fourth-order valence-corrected chi connectivity index (χ4v) is 2.85. The van der Waals surface area contributed by atoms with Gasteiger partial charge in [-0.2, -0.15) is 0 Å². The van der Waals surface area contributed by atoms with Gasteiger partial charge in [-0.1, -0.05) is 32.4 Å². The molecule has 116 valence electrons. The Kier molecular flexibility index (Phi) is 8.13. The molecule has 0 spiro atoms. The maximum absolute atomic E-state index is 11.9. The smallest absolute Gasteiger partial charge is 0.319 e. The monoisotopic (exact) mass is 308 g/mol. The van der Waals surface area contributed by atoms with Crippen molar-refractivity contribution in [2.45, 2.75) is 56.6 Å². The topological polar surface area (TPSA) is 43.4 Å². The fraction of sp³-hybridized carbons (Fsp3) is 0.529. The summed E-state index contributed by atoms with van der Waals surface area (Å²) < 4.78 is 5.06. The van der Waals surface area contributed by atoms with Gasteiger partial charge >= 0.3 is 5.97 Å². The lowest BCUT2D eigenvalue weighted by Gasteiger charge is -2.13. The molecule has 1 atom stereocenters. The highest BCUT2D eigenvalue weighted by Crippen LogP contribution is 2.27. The van der Waals surface area contributed by atoms with E-state index in [0.29, 0.717) is 13.0 Å². The van der Waals surface area contributed by atoms with Gasteiger partial charge < -0.3 is 4.74 Å². The van der Waals surface area contributed by atoms with Crippen LogP contribution in [0.25, 0.3) is 0 Å². The number of benzene rings is 1. The van der Waals surface area contributed by atoms with E-state index < -0.39 is 0 Å². The first-order valence-electron chi connectivity index (χ1n) is 7.58. The lowest BCUT2D eigenvalue weighted by molar-refractivity contribution is -0.142. The minimum Gasteiger partial charge on any atom is -0.465 e. The quantitative estimate of drug-likeness (QED) is 0.383. The Hall–Kier alpha value is -1.29. The van der Waals surface area contributed by atoms with Gasteiger partial charge in [-0.05, 0) is 31.9 Å². The molecule has 0 aliphatic carbocycles. The van der Waals surface area contributed by atoms with E-state index in [1.54, 1.807) is 0 Å². The molecular weight excluding hydrogens is 284 g/mol. The number of rotatable bonds is 9. The Balaban J connectivity index is 2.64. The maximum Gasteiger partial charge on any atom is 0.319 e. The zero-order valence-electron chi connectivity index (χ0n) is 13.1. The van der Waals surface area contributed by atoms with Crippen LogP contribution in [0, 0.1) is 0 Å². The zero-order chi connectivity index (χ0) is 15.7. The first-order valence-corrected chi connectivity index (χ1v) is 8.46. The lowest BCUT2D eigenvalue weighted by Crippen LogP contribution is -2.19. The van der Waals surface area contributed by atoms with Gasteiger partial charge in [-0.15, -0.1) is 11.8 Å². The number of unbranched alkanes of at least 4 members (excludes halogenated alkanes) is 1. The summed E-state index contributed by atoms with van der Waals surface area (Å²) in [5, 5.41) is -0.188.